The third-order valence-electron chi connectivity index (χ3n) is 3.00. The second kappa shape index (κ2) is 5.45. The topological polar surface area (TPSA) is 29.1 Å². The van der Waals surface area contributed by atoms with Gasteiger partial charge in [0.25, 0.3) is 0 Å². The zero-order valence-electron chi connectivity index (χ0n) is 10.5. The first-order valence-electron chi connectivity index (χ1n) is 6.12. The summed E-state index contributed by atoms with van der Waals surface area (Å²) in [7, 11) is -1.37. The highest BCUT2D eigenvalue weighted by Gasteiger charge is 2.26. The van der Waals surface area contributed by atoms with E-state index < -0.39 is 22.4 Å². The number of halogens is 2. The van der Waals surface area contributed by atoms with Gasteiger partial charge in [-0.15, -0.1) is 0 Å². The molecule has 1 N–H and O–H groups in total. The van der Waals surface area contributed by atoms with Crippen molar-refractivity contribution < 1.29 is 13.0 Å². The van der Waals surface area contributed by atoms with Gasteiger partial charge in [0.1, 0.15) is 11.6 Å². The van der Waals surface area contributed by atoms with Crippen LogP contribution < -0.4 is 5.32 Å². The van der Waals surface area contributed by atoms with Gasteiger partial charge in [0.15, 0.2) is 0 Å². The lowest BCUT2D eigenvalue weighted by Crippen LogP contribution is -2.28. The normalized spacial score (nSPS) is 23.8. The van der Waals surface area contributed by atoms with Gasteiger partial charge < -0.3 is 5.32 Å². The number of hydrogen-bond donors (Lipinski definition) is 1. The molecular formula is C13H17F2NOS. The predicted octanol–water partition coefficient (Wildman–Crippen LogP) is 2.91. The molecule has 5 heteroatoms. The maximum Gasteiger partial charge on any atom is 0.142 e. The molecule has 2 atom stereocenters. The summed E-state index contributed by atoms with van der Waals surface area (Å²) >= 11 is 0. The lowest BCUT2D eigenvalue weighted by Gasteiger charge is -2.21. The summed E-state index contributed by atoms with van der Waals surface area (Å²) in [6.07, 6.45) is 1.49. The van der Waals surface area contributed by atoms with E-state index in [-0.39, 0.29) is 17.0 Å². The second-order valence-corrected chi connectivity index (χ2v) is 6.38. The molecular weight excluding hydrogens is 256 g/mol. The first-order chi connectivity index (χ1) is 8.49. The summed E-state index contributed by atoms with van der Waals surface area (Å²) in [5.74, 6) is -0.868. The summed E-state index contributed by atoms with van der Waals surface area (Å²) in [5.41, 5.74) is 0.511. The van der Waals surface area contributed by atoms with Crippen LogP contribution in [0.3, 0.4) is 0 Å². The molecule has 0 spiro atoms. The Hall–Kier alpha value is -0.810. The average Bonchev–Trinajstić information content (AvgIpc) is 2.38. The molecule has 1 aromatic carbocycles. The van der Waals surface area contributed by atoms with Crippen molar-refractivity contribution in [1.82, 2.24) is 5.32 Å². The van der Waals surface area contributed by atoms with Crippen LogP contribution in [0.4, 0.5) is 8.78 Å². The van der Waals surface area contributed by atoms with E-state index in [4.69, 9.17) is 0 Å². The van der Waals surface area contributed by atoms with Crippen LogP contribution in [0, 0.1) is 11.6 Å². The Morgan fingerprint density at radius 1 is 1.39 bits per heavy atom. The van der Waals surface area contributed by atoms with E-state index >= 15 is 0 Å². The summed E-state index contributed by atoms with van der Waals surface area (Å²) < 4.78 is 39.2. The Bertz CT molecular complexity index is 476. The molecule has 0 amide bonds. The van der Waals surface area contributed by atoms with Gasteiger partial charge in [-0.1, -0.05) is 13.8 Å². The minimum absolute atomic E-state index is 0.128. The number of benzene rings is 1. The van der Waals surface area contributed by atoms with E-state index in [1.54, 1.807) is 0 Å². The molecule has 1 aliphatic rings. The van der Waals surface area contributed by atoms with E-state index in [2.05, 4.69) is 5.32 Å². The third kappa shape index (κ3) is 2.78. The molecule has 0 saturated heterocycles. The Balaban J connectivity index is 2.50. The molecule has 1 heterocycles. The van der Waals surface area contributed by atoms with Gasteiger partial charge in [0.2, 0.25) is 0 Å². The van der Waals surface area contributed by atoms with E-state index in [0.717, 1.165) is 18.9 Å². The molecule has 1 aliphatic heterocycles. The van der Waals surface area contributed by atoms with Crippen LogP contribution in [0.25, 0.3) is 0 Å². The van der Waals surface area contributed by atoms with Crippen LogP contribution in [0.1, 0.15) is 38.3 Å². The highest BCUT2D eigenvalue weighted by Crippen LogP contribution is 2.32. The highest BCUT2D eigenvalue weighted by atomic mass is 32.2. The van der Waals surface area contributed by atoms with Gasteiger partial charge in [-0.25, -0.2) is 8.78 Å². The largest absolute Gasteiger partial charge is 0.308 e. The zero-order valence-corrected chi connectivity index (χ0v) is 11.3. The molecule has 2 nitrogen and oxygen atoms in total. The van der Waals surface area contributed by atoms with Crippen molar-refractivity contribution in [3.05, 3.63) is 29.3 Å². The Morgan fingerprint density at radius 3 is 2.78 bits per heavy atom. The summed E-state index contributed by atoms with van der Waals surface area (Å²) in [4.78, 5) is 0.173. The SMILES string of the molecule is CC(C)NC1CCCS(=O)c2c(F)cc(F)cc21. The van der Waals surface area contributed by atoms with Gasteiger partial charge in [-0.05, 0) is 24.5 Å². The molecule has 2 unspecified atom stereocenters. The molecule has 0 aliphatic carbocycles. The molecule has 0 bridgehead atoms. The van der Waals surface area contributed by atoms with E-state index in [1.165, 1.54) is 6.07 Å². The van der Waals surface area contributed by atoms with Crippen molar-refractivity contribution in [2.24, 2.45) is 0 Å². The molecule has 0 fully saturated rings. The number of fused-ring (bicyclic) bond motifs is 1. The molecule has 18 heavy (non-hydrogen) atoms. The fraction of sp³-hybridized carbons (Fsp3) is 0.538. The van der Waals surface area contributed by atoms with Gasteiger partial charge in [0.05, 0.1) is 15.7 Å². The first kappa shape index (κ1) is 13.6. The average molecular weight is 273 g/mol. The van der Waals surface area contributed by atoms with Crippen molar-refractivity contribution in [3.63, 3.8) is 0 Å². The first-order valence-corrected chi connectivity index (χ1v) is 7.44. The monoisotopic (exact) mass is 273 g/mol. The van der Waals surface area contributed by atoms with Crippen LogP contribution >= 0.6 is 0 Å². The standard InChI is InChI=1S/C13H17F2NOS/c1-8(2)16-12-4-3-5-18(17)13-10(12)6-9(14)7-11(13)15/h6-8,12,16H,3-5H2,1-2H3. The fourth-order valence-corrected chi connectivity index (χ4v) is 3.70. The quantitative estimate of drug-likeness (QED) is 0.897. The van der Waals surface area contributed by atoms with E-state index in [0.29, 0.717) is 11.3 Å². The number of nitrogens with one attached hydrogen (secondary N) is 1. The lowest BCUT2D eigenvalue weighted by atomic mass is 10.0. The summed E-state index contributed by atoms with van der Waals surface area (Å²) in [5, 5.41) is 3.29. The molecule has 1 aromatic rings. The third-order valence-corrected chi connectivity index (χ3v) is 4.54. The minimum Gasteiger partial charge on any atom is -0.308 e. The van der Waals surface area contributed by atoms with E-state index in [1.807, 2.05) is 13.8 Å². The van der Waals surface area contributed by atoms with Crippen molar-refractivity contribution in [2.45, 2.75) is 43.7 Å². The highest BCUT2D eigenvalue weighted by molar-refractivity contribution is 7.85. The molecule has 0 saturated carbocycles. The Morgan fingerprint density at radius 2 is 2.11 bits per heavy atom. The molecule has 0 radical (unpaired) electrons. The van der Waals surface area contributed by atoms with Gasteiger partial charge in [0, 0.05) is 23.9 Å². The second-order valence-electron chi connectivity index (χ2n) is 4.87. The minimum atomic E-state index is -1.37. The zero-order chi connectivity index (χ0) is 13.3. The maximum absolute atomic E-state index is 13.8. The molecule has 0 aromatic heterocycles. The van der Waals surface area contributed by atoms with Crippen LogP contribution in [-0.2, 0) is 10.8 Å². The van der Waals surface area contributed by atoms with Gasteiger partial charge in [-0.3, -0.25) is 4.21 Å². The maximum atomic E-state index is 13.8. The molecule has 100 valence electrons. The van der Waals surface area contributed by atoms with Crippen molar-refractivity contribution in [2.75, 3.05) is 5.75 Å². The number of hydrogen-bond acceptors (Lipinski definition) is 2. The van der Waals surface area contributed by atoms with Crippen molar-refractivity contribution >= 4 is 10.8 Å². The molecule has 2 rings (SSSR count). The summed E-state index contributed by atoms with van der Waals surface area (Å²) in [6.45, 7) is 3.97. The van der Waals surface area contributed by atoms with Crippen LogP contribution in [-0.4, -0.2) is 16.0 Å². The van der Waals surface area contributed by atoms with E-state index in [9.17, 15) is 13.0 Å². The van der Waals surface area contributed by atoms with Gasteiger partial charge in [-0.2, -0.15) is 0 Å². The fourth-order valence-electron chi connectivity index (χ4n) is 2.33. The smallest absolute Gasteiger partial charge is 0.142 e. The summed E-state index contributed by atoms with van der Waals surface area (Å²) in [6, 6.07) is 2.20. The van der Waals surface area contributed by atoms with Crippen molar-refractivity contribution in [3.8, 4) is 0 Å². The van der Waals surface area contributed by atoms with Crippen LogP contribution in [0.15, 0.2) is 17.0 Å². The Labute approximate surface area is 108 Å². The van der Waals surface area contributed by atoms with Crippen LogP contribution in [0.2, 0.25) is 0 Å². The Kier molecular flexibility index (Phi) is 4.12. The van der Waals surface area contributed by atoms with Gasteiger partial charge >= 0.3 is 0 Å². The van der Waals surface area contributed by atoms with Crippen LogP contribution in [0.5, 0.6) is 0 Å². The predicted molar refractivity (Wildman–Crippen MR) is 67.9 cm³/mol. The number of rotatable bonds is 2. The van der Waals surface area contributed by atoms with Crippen molar-refractivity contribution in [1.29, 1.82) is 0 Å². The lowest BCUT2D eigenvalue weighted by molar-refractivity contribution is 0.439.